The number of carbonyl (C=O) groups excluding carboxylic acids is 1. The van der Waals surface area contributed by atoms with E-state index in [9.17, 15) is 9.59 Å². The van der Waals surface area contributed by atoms with Crippen molar-refractivity contribution < 1.29 is 9.21 Å². The lowest BCUT2D eigenvalue weighted by atomic mass is 10.1. The maximum atomic E-state index is 12.6. The van der Waals surface area contributed by atoms with Gasteiger partial charge in [-0.05, 0) is 68.3 Å². The van der Waals surface area contributed by atoms with E-state index >= 15 is 0 Å². The van der Waals surface area contributed by atoms with Gasteiger partial charge in [-0.25, -0.2) is 0 Å². The van der Waals surface area contributed by atoms with Crippen molar-refractivity contribution in [3.63, 3.8) is 0 Å². The second-order valence-corrected chi connectivity index (χ2v) is 7.38. The van der Waals surface area contributed by atoms with E-state index in [2.05, 4.69) is 11.4 Å². The lowest BCUT2D eigenvalue weighted by Gasteiger charge is -2.08. The van der Waals surface area contributed by atoms with Crippen LogP contribution in [0, 0.1) is 20.8 Å². The highest BCUT2D eigenvalue weighted by molar-refractivity contribution is 6.04. The molecule has 4 nitrogen and oxygen atoms in total. The largest absolute Gasteiger partial charge is 0.456 e. The molecule has 0 atom stereocenters. The zero-order valence-electron chi connectivity index (χ0n) is 16.6. The van der Waals surface area contributed by atoms with Gasteiger partial charge >= 0.3 is 0 Å². The molecule has 0 saturated heterocycles. The summed E-state index contributed by atoms with van der Waals surface area (Å²) in [6.45, 7) is 5.93. The molecular weight excluding hydrogens is 362 g/mol. The maximum Gasteiger partial charge on any atom is 0.255 e. The first-order valence-corrected chi connectivity index (χ1v) is 9.44. The predicted octanol–water partition coefficient (Wildman–Crippen LogP) is 5.64. The van der Waals surface area contributed by atoms with Gasteiger partial charge in [-0.2, -0.15) is 0 Å². The van der Waals surface area contributed by atoms with Gasteiger partial charge in [0.2, 0.25) is 0 Å². The Labute approximate surface area is 168 Å². The summed E-state index contributed by atoms with van der Waals surface area (Å²) in [7, 11) is 0. The van der Waals surface area contributed by atoms with E-state index in [1.165, 1.54) is 6.07 Å². The number of benzene rings is 3. The van der Waals surface area contributed by atoms with E-state index in [0.717, 1.165) is 27.9 Å². The molecule has 4 heteroatoms. The highest BCUT2D eigenvalue weighted by Gasteiger charge is 2.10. The molecule has 0 aliphatic carbocycles. The third kappa shape index (κ3) is 3.97. The molecule has 0 unspecified atom stereocenters. The van der Waals surface area contributed by atoms with Crippen molar-refractivity contribution in [1.29, 1.82) is 0 Å². The Hall–Kier alpha value is -3.66. The Morgan fingerprint density at radius 1 is 0.793 bits per heavy atom. The monoisotopic (exact) mass is 383 g/mol. The summed E-state index contributed by atoms with van der Waals surface area (Å²) in [6.07, 6.45) is 0. The van der Waals surface area contributed by atoms with Gasteiger partial charge in [0.25, 0.3) is 5.91 Å². The molecular formula is C25H21NO3. The van der Waals surface area contributed by atoms with Gasteiger partial charge in [0, 0.05) is 22.9 Å². The number of fused-ring (bicyclic) bond motifs is 1. The van der Waals surface area contributed by atoms with Crippen LogP contribution in [0.3, 0.4) is 0 Å². The van der Waals surface area contributed by atoms with E-state index in [1.54, 1.807) is 30.3 Å². The van der Waals surface area contributed by atoms with Crippen molar-refractivity contribution in [2.75, 3.05) is 5.32 Å². The van der Waals surface area contributed by atoms with E-state index in [4.69, 9.17) is 4.42 Å². The molecule has 1 heterocycles. The summed E-state index contributed by atoms with van der Waals surface area (Å²) in [5.41, 5.74) is 5.72. The highest BCUT2D eigenvalue weighted by Crippen LogP contribution is 2.23. The van der Waals surface area contributed by atoms with Crippen molar-refractivity contribution in [3.8, 4) is 11.3 Å². The van der Waals surface area contributed by atoms with Crippen molar-refractivity contribution in [2.45, 2.75) is 20.8 Å². The lowest BCUT2D eigenvalue weighted by molar-refractivity contribution is 0.102. The summed E-state index contributed by atoms with van der Waals surface area (Å²) >= 11 is 0. The number of anilines is 1. The second-order valence-electron chi connectivity index (χ2n) is 7.38. The SMILES string of the molecule is Cc1cc(C)cc(NC(=O)c2ccc(-c3cc(=O)c4cc(C)ccc4o3)cc2)c1. The highest BCUT2D eigenvalue weighted by atomic mass is 16.3. The minimum atomic E-state index is -0.183. The van der Waals surface area contributed by atoms with Crippen LogP contribution >= 0.6 is 0 Å². The Bertz CT molecular complexity index is 1260. The number of carbonyl (C=O) groups is 1. The first-order chi connectivity index (χ1) is 13.9. The second kappa shape index (κ2) is 7.40. The molecule has 144 valence electrons. The maximum absolute atomic E-state index is 12.6. The number of hydrogen-bond acceptors (Lipinski definition) is 3. The van der Waals surface area contributed by atoms with Crippen molar-refractivity contribution in [1.82, 2.24) is 0 Å². The zero-order chi connectivity index (χ0) is 20.5. The molecule has 29 heavy (non-hydrogen) atoms. The van der Waals surface area contributed by atoms with Crippen LogP contribution < -0.4 is 10.7 Å². The number of hydrogen-bond donors (Lipinski definition) is 1. The molecule has 0 fully saturated rings. The number of amides is 1. The van der Waals surface area contributed by atoms with Gasteiger partial charge in [0.15, 0.2) is 5.43 Å². The molecule has 1 N–H and O–H groups in total. The molecule has 0 bridgehead atoms. The van der Waals surface area contributed by atoms with E-state index in [1.807, 2.05) is 45.0 Å². The minimum absolute atomic E-state index is 0.0819. The molecule has 3 aromatic carbocycles. The molecule has 0 radical (unpaired) electrons. The fourth-order valence-corrected chi connectivity index (χ4v) is 3.45. The van der Waals surface area contributed by atoms with Crippen LogP contribution in [0.1, 0.15) is 27.0 Å². The van der Waals surface area contributed by atoms with Crippen LogP contribution in [0.2, 0.25) is 0 Å². The minimum Gasteiger partial charge on any atom is -0.456 e. The van der Waals surface area contributed by atoms with E-state index in [0.29, 0.717) is 22.3 Å². The molecule has 4 rings (SSSR count). The first kappa shape index (κ1) is 18.7. The standard InChI is InChI=1S/C25H21NO3/c1-15-4-9-23-21(13-15)22(27)14-24(29-23)18-5-7-19(8-6-18)25(28)26-20-11-16(2)10-17(3)12-20/h4-14H,1-3H3,(H,26,28). The Kier molecular flexibility index (Phi) is 4.77. The van der Waals surface area contributed by atoms with Gasteiger partial charge in [-0.3, -0.25) is 9.59 Å². The summed E-state index contributed by atoms with van der Waals surface area (Å²) in [4.78, 5) is 25.0. The summed E-state index contributed by atoms with van der Waals surface area (Å²) < 4.78 is 5.91. The van der Waals surface area contributed by atoms with E-state index in [-0.39, 0.29) is 11.3 Å². The van der Waals surface area contributed by atoms with Gasteiger partial charge in [0.1, 0.15) is 11.3 Å². The lowest BCUT2D eigenvalue weighted by Crippen LogP contribution is -2.12. The van der Waals surface area contributed by atoms with E-state index < -0.39 is 0 Å². The average molecular weight is 383 g/mol. The van der Waals surface area contributed by atoms with Gasteiger partial charge in [-0.15, -0.1) is 0 Å². The van der Waals surface area contributed by atoms with Crippen molar-refractivity contribution >= 4 is 22.6 Å². The Morgan fingerprint density at radius 3 is 2.17 bits per heavy atom. The third-order valence-corrected chi connectivity index (χ3v) is 4.79. The smallest absolute Gasteiger partial charge is 0.255 e. The van der Waals surface area contributed by atoms with Crippen LogP contribution in [-0.4, -0.2) is 5.91 Å². The van der Waals surface area contributed by atoms with Crippen LogP contribution in [-0.2, 0) is 0 Å². The summed E-state index contributed by atoms with van der Waals surface area (Å²) in [5, 5.41) is 3.49. The summed E-state index contributed by atoms with van der Waals surface area (Å²) in [6, 6.07) is 20.0. The number of nitrogens with one attached hydrogen (secondary N) is 1. The molecule has 0 aliphatic rings. The molecule has 0 saturated carbocycles. The van der Waals surface area contributed by atoms with Gasteiger partial charge < -0.3 is 9.73 Å². The zero-order valence-corrected chi connectivity index (χ0v) is 16.6. The molecule has 0 spiro atoms. The topological polar surface area (TPSA) is 59.3 Å². The summed E-state index contributed by atoms with van der Waals surface area (Å²) in [5.74, 6) is 0.296. The van der Waals surface area contributed by atoms with Crippen LogP contribution in [0.5, 0.6) is 0 Å². The first-order valence-electron chi connectivity index (χ1n) is 9.44. The molecule has 1 aromatic heterocycles. The third-order valence-electron chi connectivity index (χ3n) is 4.79. The number of rotatable bonds is 3. The Morgan fingerprint density at radius 2 is 1.48 bits per heavy atom. The molecule has 1 amide bonds. The molecule has 4 aromatic rings. The number of aryl methyl sites for hydroxylation is 3. The van der Waals surface area contributed by atoms with Crippen molar-refractivity contribution in [2.24, 2.45) is 0 Å². The van der Waals surface area contributed by atoms with Crippen LogP contribution in [0.25, 0.3) is 22.3 Å². The predicted molar refractivity (Wildman–Crippen MR) is 117 cm³/mol. The quantitative estimate of drug-likeness (QED) is 0.498. The van der Waals surface area contributed by atoms with Crippen LogP contribution in [0.4, 0.5) is 5.69 Å². The van der Waals surface area contributed by atoms with Gasteiger partial charge in [-0.1, -0.05) is 29.8 Å². The Balaban J connectivity index is 1.60. The normalized spacial score (nSPS) is 10.9. The average Bonchev–Trinajstić information content (AvgIpc) is 2.67. The van der Waals surface area contributed by atoms with Gasteiger partial charge in [0.05, 0.1) is 5.39 Å². The fourth-order valence-electron chi connectivity index (χ4n) is 3.45. The fraction of sp³-hybridized carbons (Fsp3) is 0.120. The van der Waals surface area contributed by atoms with Crippen LogP contribution in [0.15, 0.2) is 75.9 Å². The molecule has 0 aliphatic heterocycles. The van der Waals surface area contributed by atoms with Crippen molar-refractivity contribution in [3.05, 3.63) is 99.2 Å².